The van der Waals surface area contributed by atoms with Gasteiger partial charge in [0.1, 0.15) is 5.70 Å². The summed E-state index contributed by atoms with van der Waals surface area (Å²) in [7, 11) is 2.47. The molecule has 0 aromatic heterocycles. The second-order valence-electron chi connectivity index (χ2n) is 6.64. The number of amides is 1. The van der Waals surface area contributed by atoms with Gasteiger partial charge in [-0.05, 0) is 48.9 Å². The molecule has 0 saturated heterocycles. The Morgan fingerprint density at radius 3 is 2.35 bits per heavy atom. The minimum atomic E-state index is -0.703. The third-order valence-electron chi connectivity index (χ3n) is 4.66. The van der Waals surface area contributed by atoms with Crippen LogP contribution in [0.2, 0.25) is 0 Å². The molecule has 0 bridgehead atoms. The van der Waals surface area contributed by atoms with Gasteiger partial charge in [0.05, 0.1) is 19.8 Å². The average Bonchev–Trinajstić information content (AvgIpc) is 3.01. The van der Waals surface area contributed by atoms with E-state index in [9.17, 15) is 14.4 Å². The van der Waals surface area contributed by atoms with Crippen molar-refractivity contribution in [1.29, 1.82) is 0 Å². The van der Waals surface area contributed by atoms with Crippen LogP contribution in [-0.4, -0.2) is 32.1 Å². The first-order valence-electron chi connectivity index (χ1n) is 9.48. The molecule has 7 heteroatoms. The van der Waals surface area contributed by atoms with Crippen molar-refractivity contribution in [3.05, 3.63) is 95.4 Å². The van der Waals surface area contributed by atoms with Crippen molar-refractivity contribution in [3.63, 3.8) is 0 Å². The number of allylic oxidation sites excluding steroid dienone is 2. The largest absolute Gasteiger partial charge is 0.465 e. The second kappa shape index (κ2) is 9.58. The van der Waals surface area contributed by atoms with Gasteiger partial charge in [0.15, 0.2) is 0 Å². The van der Waals surface area contributed by atoms with Gasteiger partial charge in [0.25, 0.3) is 5.91 Å². The lowest BCUT2D eigenvalue weighted by Crippen LogP contribution is -2.27. The fourth-order valence-electron chi connectivity index (χ4n) is 3.13. The van der Waals surface area contributed by atoms with E-state index in [1.165, 1.54) is 25.2 Å². The van der Waals surface area contributed by atoms with Crippen LogP contribution < -0.4 is 10.2 Å². The number of benzene rings is 2. The minimum Gasteiger partial charge on any atom is -0.465 e. The van der Waals surface area contributed by atoms with Crippen molar-refractivity contribution >= 4 is 29.2 Å². The van der Waals surface area contributed by atoms with E-state index in [-0.39, 0.29) is 17.2 Å². The molecule has 1 amide bonds. The van der Waals surface area contributed by atoms with E-state index >= 15 is 0 Å². The van der Waals surface area contributed by atoms with Crippen LogP contribution >= 0.6 is 0 Å². The number of ether oxygens (including phenoxy) is 2. The predicted molar refractivity (Wildman–Crippen MR) is 117 cm³/mol. The van der Waals surface area contributed by atoms with E-state index < -0.39 is 11.9 Å². The Morgan fingerprint density at radius 2 is 1.65 bits per heavy atom. The third-order valence-corrected chi connectivity index (χ3v) is 4.66. The van der Waals surface area contributed by atoms with Crippen LogP contribution in [0.15, 0.2) is 84.2 Å². The number of nitrogens with zero attached hydrogens (tertiary/aromatic N) is 1. The van der Waals surface area contributed by atoms with Crippen molar-refractivity contribution in [2.45, 2.75) is 6.92 Å². The summed E-state index contributed by atoms with van der Waals surface area (Å²) in [4.78, 5) is 39.0. The molecule has 1 aliphatic rings. The van der Waals surface area contributed by atoms with E-state index in [0.29, 0.717) is 16.9 Å². The molecular formula is C24H22N2O5. The van der Waals surface area contributed by atoms with Crippen LogP contribution in [0.5, 0.6) is 0 Å². The van der Waals surface area contributed by atoms with Crippen LogP contribution in [-0.2, 0) is 19.1 Å². The van der Waals surface area contributed by atoms with Crippen molar-refractivity contribution in [2.24, 2.45) is 0 Å². The highest BCUT2D eigenvalue weighted by molar-refractivity contribution is 6.07. The number of hydrogen-bond donors (Lipinski definition) is 1. The molecule has 0 unspecified atom stereocenters. The SMILES string of the molecule is COC(=O)C1=C(C(=O)OC)N(c2cccc(NC(=O)c3ccccc3C)c2)C=CC=C1. The van der Waals surface area contributed by atoms with E-state index in [4.69, 9.17) is 9.47 Å². The number of carbonyl (C=O) groups excluding carboxylic acids is 3. The van der Waals surface area contributed by atoms with Crippen LogP contribution in [0, 0.1) is 6.92 Å². The summed E-state index contributed by atoms with van der Waals surface area (Å²) in [5.74, 6) is -1.62. The summed E-state index contributed by atoms with van der Waals surface area (Å²) in [5, 5.41) is 2.87. The summed E-state index contributed by atoms with van der Waals surface area (Å²) >= 11 is 0. The van der Waals surface area contributed by atoms with Gasteiger partial charge in [-0.25, -0.2) is 9.59 Å². The lowest BCUT2D eigenvalue weighted by atomic mass is 10.1. The van der Waals surface area contributed by atoms with Crippen LogP contribution in [0.3, 0.4) is 0 Å². The normalized spacial score (nSPS) is 12.9. The highest BCUT2D eigenvalue weighted by Gasteiger charge is 2.27. The van der Waals surface area contributed by atoms with Crippen molar-refractivity contribution in [1.82, 2.24) is 0 Å². The monoisotopic (exact) mass is 418 g/mol. The highest BCUT2D eigenvalue weighted by Crippen LogP contribution is 2.28. The number of carbonyl (C=O) groups is 3. The zero-order valence-electron chi connectivity index (χ0n) is 17.4. The van der Waals surface area contributed by atoms with Crippen LogP contribution in [0.4, 0.5) is 11.4 Å². The predicted octanol–water partition coefficient (Wildman–Crippen LogP) is 3.74. The zero-order chi connectivity index (χ0) is 22.4. The number of rotatable bonds is 5. The maximum Gasteiger partial charge on any atom is 0.355 e. The van der Waals surface area contributed by atoms with Gasteiger partial charge in [-0.2, -0.15) is 0 Å². The quantitative estimate of drug-likeness (QED) is 0.745. The van der Waals surface area contributed by atoms with Gasteiger partial charge in [-0.3, -0.25) is 4.79 Å². The maximum atomic E-state index is 12.7. The van der Waals surface area contributed by atoms with Crippen LogP contribution in [0.1, 0.15) is 15.9 Å². The first kappa shape index (κ1) is 21.6. The first-order valence-corrected chi connectivity index (χ1v) is 9.48. The molecule has 0 atom stereocenters. The molecule has 0 radical (unpaired) electrons. The molecule has 2 aromatic rings. The zero-order valence-corrected chi connectivity index (χ0v) is 17.4. The highest BCUT2D eigenvalue weighted by atomic mass is 16.5. The Hall–Kier alpha value is -4.13. The summed E-state index contributed by atoms with van der Waals surface area (Å²) in [5.41, 5.74) is 2.55. The van der Waals surface area contributed by atoms with E-state index in [1.807, 2.05) is 19.1 Å². The van der Waals surface area contributed by atoms with Gasteiger partial charge < -0.3 is 19.7 Å². The van der Waals surface area contributed by atoms with Crippen molar-refractivity contribution < 1.29 is 23.9 Å². The van der Waals surface area contributed by atoms with Crippen molar-refractivity contribution in [2.75, 3.05) is 24.4 Å². The maximum absolute atomic E-state index is 12.7. The van der Waals surface area contributed by atoms with Gasteiger partial charge in [0, 0.05) is 23.1 Å². The molecule has 1 aliphatic heterocycles. The van der Waals surface area contributed by atoms with Gasteiger partial charge >= 0.3 is 11.9 Å². The average molecular weight is 418 g/mol. The molecule has 0 spiro atoms. The number of methoxy groups -OCH3 is 2. The number of anilines is 2. The molecule has 31 heavy (non-hydrogen) atoms. The molecule has 7 nitrogen and oxygen atoms in total. The molecule has 158 valence electrons. The topological polar surface area (TPSA) is 84.9 Å². The number of esters is 2. The molecule has 3 rings (SSSR count). The third kappa shape index (κ3) is 4.72. The molecule has 0 saturated carbocycles. The summed E-state index contributed by atoms with van der Waals surface area (Å²) in [6, 6.07) is 14.2. The van der Waals surface area contributed by atoms with Gasteiger partial charge in [-0.1, -0.05) is 30.3 Å². The summed E-state index contributed by atoms with van der Waals surface area (Å²) in [6.07, 6.45) is 6.41. The molecule has 0 aliphatic carbocycles. The van der Waals surface area contributed by atoms with E-state index in [2.05, 4.69) is 5.32 Å². The van der Waals surface area contributed by atoms with Gasteiger partial charge in [-0.15, -0.1) is 0 Å². The molecular weight excluding hydrogens is 396 g/mol. The Balaban J connectivity index is 2.00. The fourth-order valence-corrected chi connectivity index (χ4v) is 3.13. The lowest BCUT2D eigenvalue weighted by molar-refractivity contribution is -0.139. The van der Waals surface area contributed by atoms with Gasteiger partial charge in [0.2, 0.25) is 0 Å². The van der Waals surface area contributed by atoms with Crippen LogP contribution in [0.25, 0.3) is 0 Å². The Kier molecular flexibility index (Phi) is 6.67. The first-order chi connectivity index (χ1) is 15.0. The van der Waals surface area contributed by atoms with E-state index in [1.54, 1.807) is 54.8 Å². The number of hydrogen-bond acceptors (Lipinski definition) is 6. The summed E-state index contributed by atoms with van der Waals surface area (Å²) in [6.45, 7) is 1.86. The van der Waals surface area contributed by atoms with E-state index in [0.717, 1.165) is 5.56 Å². The standard InChI is InChI=1S/C24H22N2O5/c1-16-9-4-5-12-19(16)22(27)25-17-10-8-11-18(15-17)26-14-7-6-13-20(23(28)30-2)21(26)24(29)31-3/h4-15H,1-3H3,(H,25,27). The number of nitrogens with one attached hydrogen (secondary N) is 1. The second-order valence-corrected chi connectivity index (χ2v) is 6.64. The fraction of sp³-hybridized carbons (Fsp3) is 0.125. The lowest BCUT2D eigenvalue weighted by Gasteiger charge is -2.23. The number of aryl methyl sites for hydroxylation is 1. The summed E-state index contributed by atoms with van der Waals surface area (Å²) < 4.78 is 9.73. The minimum absolute atomic E-state index is 0.00160. The smallest absolute Gasteiger partial charge is 0.355 e. The molecule has 1 heterocycles. The molecule has 2 aromatic carbocycles. The Bertz CT molecular complexity index is 1110. The molecule has 1 N–H and O–H groups in total. The van der Waals surface area contributed by atoms with Crippen molar-refractivity contribution in [3.8, 4) is 0 Å². The molecule has 0 fully saturated rings. The Morgan fingerprint density at radius 1 is 0.903 bits per heavy atom. The Labute approximate surface area is 180 Å².